The lowest BCUT2D eigenvalue weighted by Gasteiger charge is -2.38. The van der Waals surface area contributed by atoms with Crippen molar-refractivity contribution >= 4 is 6.09 Å². The summed E-state index contributed by atoms with van der Waals surface area (Å²) in [5.41, 5.74) is 0.497. The zero-order chi connectivity index (χ0) is 21.3. The van der Waals surface area contributed by atoms with Crippen molar-refractivity contribution in [2.45, 2.75) is 77.7 Å². The minimum Gasteiger partial charge on any atom is -0.444 e. The molecule has 3 unspecified atom stereocenters. The Hall–Kier alpha value is -2.35. The van der Waals surface area contributed by atoms with Crippen LogP contribution in [0.5, 0.6) is 0 Å². The monoisotopic (exact) mass is 415 g/mol. The molecule has 4 heterocycles. The summed E-state index contributed by atoms with van der Waals surface area (Å²) in [7, 11) is 0. The molecule has 2 aliphatic heterocycles. The SMILES string of the molecule is CC1CCC(c2cnn(-c3ccn(C4CCCCO4)n3)c2)N(C(=O)OC(C)(C)C)C1. The molecule has 2 aromatic rings. The summed E-state index contributed by atoms with van der Waals surface area (Å²) >= 11 is 0. The molecule has 0 spiro atoms. The van der Waals surface area contributed by atoms with E-state index in [1.165, 1.54) is 0 Å². The van der Waals surface area contributed by atoms with Crippen molar-refractivity contribution in [1.29, 1.82) is 0 Å². The van der Waals surface area contributed by atoms with Gasteiger partial charge in [0.05, 0.1) is 12.2 Å². The van der Waals surface area contributed by atoms with E-state index < -0.39 is 5.60 Å². The van der Waals surface area contributed by atoms with Gasteiger partial charge in [0.15, 0.2) is 5.82 Å². The van der Waals surface area contributed by atoms with Gasteiger partial charge in [-0.05, 0) is 58.8 Å². The third-order valence-corrected chi connectivity index (χ3v) is 5.71. The van der Waals surface area contributed by atoms with E-state index in [2.05, 4.69) is 17.1 Å². The van der Waals surface area contributed by atoms with Crippen molar-refractivity contribution in [2.75, 3.05) is 13.2 Å². The quantitative estimate of drug-likeness (QED) is 0.739. The lowest BCUT2D eigenvalue weighted by Crippen LogP contribution is -2.44. The first-order chi connectivity index (χ1) is 14.3. The van der Waals surface area contributed by atoms with Crippen LogP contribution in [-0.4, -0.2) is 49.3 Å². The lowest BCUT2D eigenvalue weighted by atomic mass is 9.91. The predicted octanol–water partition coefficient (Wildman–Crippen LogP) is 4.48. The molecule has 0 N–H and O–H groups in total. The number of hydrogen-bond acceptors (Lipinski definition) is 5. The van der Waals surface area contributed by atoms with E-state index in [1.54, 1.807) is 4.68 Å². The third kappa shape index (κ3) is 4.69. The Kier molecular flexibility index (Phi) is 5.86. The topological polar surface area (TPSA) is 74.4 Å². The molecule has 30 heavy (non-hydrogen) atoms. The summed E-state index contributed by atoms with van der Waals surface area (Å²) in [5.74, 6) is 1.21. The van der Waals surface area contributed by atoms with Gasteiger partial charge in [-0.25, -0.2) is 14.2 Å². The van der Waals surface area contributed by atoms with Gasteiger partial charge in [0.2, 0.25) is 0 Å². The van der Waals surface area contributed by atoms with Gasteiger partial charge in [0.1, 0.15) is 11.8 Å². The number of ether oxygens (including phenoxy) is 2. The van der Waals surface area contributed by atoms with E-state index in [4.69, 9.17) is 9.47 Å². The predicted molar refractivity (Wildman–Crippen MR) is 112 cm³/mol. The minimum absolute atomic E-state index is 0.00465. The van der Waals surface area contributed by atoms with Crippen molar-refractivity contribution in [3.63, 3.8) is 0 Å². The number of carbonyl (C=O) groups excluding carboxylic acids is 1. The van der Waals surface area contributed by atoms with Gasteiger partial charge in [-0.15, -0.1) is 0 Å². The van der Waals surface area contributed by atoms with Crippen LogP contribution in [-0.2, 0) is 9.47 Å². The van der Waals surface area contributed by atoms with Crippen LogP contribution in [0.4, 0.5) is 4.79 Å². The van der Waals surface area contributed by atoms with Crippen LogP contribution in [0.15, 0.2) is 24.7 Å². The highest BCUT2D eigenvalue weighted by atomic mass is 16.6. The second-order valence-electron chi connectivity index (χ2n) is 9.52. The Morgan fingerprint density at radius 3 is 2.80 bits per heavy atom. The van der Waals surface area contributed by atoms with Crippen molar-refractivity contribution in [1.82, 2.24) is 24.5 Å². The van der Waals surface area contributed by atoms with Crippen LogP contribution in [0.3, 0.4) is 0 Å². The second kappa shape index (κ2) is 8.41. The highest BCUT2D eigenvalue weighted by Gasteiger charge is 2.34. The van der Waals surface area contributed by atoms with E-state index in [0.29, 0.717) is 12.5 Å². The fourth-order valence-electron chi connectivity index (χ4n) is 4.20. The van der Waals surface area contributed by atoms with Crippen molar-refractivity contribution < 1.29 is 14.3 Å². The van der Waals surface area contributed by atoms with E-state index >= 15 is 0 Å². The molecule has 0 bridgehead atoms. The van der Waals surface area contributed by atoms with E-state index in [-0.39, 0.29) is 18.4 Å². The Morgan fingerprint density at radius 2 is 2.07 bits per heavy atom. The van der Waals surface area contributed by atoms with Gasteiger partial charge >= 0.3 is 6.09 Å². The molecule has 8 nitrogen and oxygen atoms in total. The molecule has 0 aromatic carbocycles. The zero-order valence-corrected chi connectivity index (χ0v) is 18.5. The third-order valence-electron chi connectivity index (χ3n) is 5.71. The number of likely N-dealkylation sites (tertiary alicyclic amines) is 1. The summed E-state index contributed by atoms with van der Waals surface area (Å²) < 4.78 is 15.1. The van der Waals surface area contributed by atoms with Crippen LogP contribution in [0.2, 0.25) is 0 Å². The Morgan fingerprint density at radius 1 is 1.23 bits per heavy atom. The molecule has 0 radical (unpaired) electrons. The van der Waals surface area contributed by atoms with Crippen LogP contribution in [0.1, 0.15) is 77.6 Å². The summed E-state index contributed by atoms with van der Waals surface area (Å²) in [5, 5.41) is 9.19. The molecule has 2 saturated heterocycles. The largest absolute Gasteiger partial charge is 0.444 e. The number of rotatable bonds is 3. The van der Waals surface area contributed by atoms with Gasteiger partial charge in [-0.2, -0.15) is 10.2 Å². The van der Waals surface area contributed by atoms with Crippen LogP contribution >= 0.6 is 0 Å². The van der Waals surface area contributed by atoms with E-state index in [0.717, 1.165) is 50.1 Å². The first-order valence-corrected chi connectivity index (χ1v) is 11.0. The van der Waals surface area contributed by atoms with E-state index in [9.17, 15) is 4.79 Å². The molecule has 0 aliphatic carbocycles. The second-order valence-corrected chi connectivity index (χ2v) is 9.52. The normalized spacial score (nSPS) is 25.3. The number of amides is 1. The Balaban J connectivity index is 1.51. The number of hydrogen-bond donors (Lipinski definition) is 0. The number of carbonyl (C=O) groups is 1. The van der Waals surface area contributed by atoms with Crippen LogP contribution in [0.25, 0.3) is 5.82 Å². The average molecular weight is 416 g/mol. The molecule has 4 rings (SSSR count). The fraction of sp³-hybridized carbons (Fsp3) is 0.682. The first-order valence-electron chi connectivity index (χ1n) is 11.0. The van der Waals surface area contributed by atoms with Gasteiger partial charge in [-0.3, -0.25) is 0 Å². The van der Waals surface area contributed by atoms with Crippen molar-refractivity contribution in [3.05, 3.63) is 30.2 Å². The van der Waals surface area contributed by atoms with Crippen LogP contribution < -0.4 is 0 Å². The fourth-order valence-corrected chi connectivity index (χ4v) is 4.20. The molecule has 1 amide bonds. The Labute approximate surface area is 178 Å². The highest BCUT2D eigenvalue weighted by molar-refractivity contribution is 5.69. The maximum absolute atomic E-state index is 12.8. The van der Waals surface area contributed by atoms with Crippen LogP contribution in [0, 0.1) is 5.92 Å². The maximum atomic E-state index is 12.8. The number of aromatic nitrogens is 4. The van der Waals surface area contributed by atoms with Gasteiger partial charge in [0, 0.05) is 37.2 Å². The summed E-state index contributed by atoms with van der Waals surface area (Å²) in [6.07, 6.45) is 10.7. The number of piperidine rings is 1. The molecular formula is C22H33N5O3. The Bertz CT molecular complexity index is 862. The lowest BCUT2D eigenvalue weighted by molar-refractivity contribution is -0.0395. The molecule has 2 fully saturated rings. The molecule has 164 valence electrons. The molecule has 8 heteroatoms. The molecular weight excluding hydrogens is 382 g/mol. The highest BCUT2D eigenvalue weighted by Crippen LogP contribution is 2.34. The molecule has 3 atom stereocenters. The standard InChI is InChI=1S/C22H33N5O3/c1-16-8-9-18(25(14-16)21(28)30-22(2,3)4)17-13-23-27(15-17)19-10-11-26(24-19)20-7-5-6-12-29-20/h10-11,13,15-16,18,20H,5-9,12,14H2,1-4H3. The van der Waals surface area contributed by atoms with E-state index in [1.807, 2.05) is 55.0 Å². The maximum Gasteiger partial charge on any atom is 0.410 e. The summed E-state index contributed by atoms with van der Waals surface area (Å²) in [6.45, 7) is 9.36. The number of nitrogens with zero attached hydrogens (tertiary/aromatic N) is 5. The van der Waals surface area contributed by atoms with Gasteiger partial charge < -0.3 is 14.4 Å². The minimum atomic E-state index is -0.513. The smallest absolute Gasteiger partial charge is 0.410 e. The van der Waals surface area contributed by atoms with Gasteiger partial charge in [0.25, 0.3) is 0 Å². The van der Waals surface area contributed by atoms with Crippen molar-refractivity contribution in [3.8, 4) is 5.82 Å². The summed E-state index contributed by atoms with van der Waals surface area (Å²) in [4.78, 5) is 14.7. The molecule has 2 aliphatic rings. The first kappa shape index (κ1) is 20.9. The average Bonchev–Trinajstić information content (AvgIpc) is 3.37. The molecule has 2 aromatic heterocycles. The molecule has 0 saturated carbocycles. The summed E-state index contributed by atoms with van der Waals surface area (Å²) in [6, 6.07) is 1.91. The zero-order valence-electron chi connectivity index (χ0n) is 18.5. The van der Waals surface area contributed by atoms with Crippen molar-refractivity contribution in [2.24, 2.45) is 5.92 Å². The van der Waals surface area contributed by atoms with Gasteiger partial charge in [-0.1, -0.05) is 6.92 Å².